The molecule has 6 nitrogen and oxygen atoms in total. The molecule has 15 heavy (non-hydrogen) atoms. The highest BCUT2D eigenvalue weighted by Gasteiger charge is 2.22. The molecule has 0 spiro atoms. The van der Waals surface area contributed by atoms with Crippen molar-refractivity contribution in [3.8, 4) is 0 Å². The fourth-order valence-corrected chi connectivity index (χ4v) is 1.97. The summed E-state index contributed by atoms with van der Waals surface area (Å²) in [7, 11) is -0.809. The minimum atomic E-state index is -3.56. The van der Waals surface area contributed by atoms with Gasteiger partial charge in [-0.3, -0.25) is 4.79 Å². The summed E-state index contributed by atoms with van der Waals surface area (Å²) in [5.74, 6) is -1.02. The van der Waals surface area contributed by atoms with Gasteiger partial charge in [0.25, 0.3) is 10.2 Å². The van der Waals surface area contributed by atoms with Crippen molar-refractivity contribution in [2.75, 3.05) is 27.2 Å². The first-order chi connectivity index (χ1) is 6.82. The third kappa shape index (κ3) is 4.41. The molecule has 0 heterocycles. The Morgan fingerprint density at radius 1 is 1.40 bits per heavy atom. The van der Waals surface area contributed by atoms with Crippen molar-refractivity contribution in [1.82, 2.24) is 8.61 Å². The normalized spacial score (nSPS) is 12.0. The molecule has 0 aromatic carbocycles. The highest BCUT2D eigenvalue weighted by atomic mass is 32.2. The Morgan fingerprint density at radius 3 is 2.33 bits per heavy atom. The van der Waals surface area contributed by atoms with Crippen molar-refractivity contribution in [2.24, 2.45) is 0 Å². The van der Waals surface area contributed by atoms with Crippen molar-refractivity contribution in [2.45, 2.75) is 6.42 Å². The summed E-state index contributed by atoms with van der Waals surface area (Å²) in [5, 5.41) is 8.42. The van der Waals surface area contributed by atoms with Gasteiger partial charge in [-0.25, -0.2) is 0 Å². The van der Waals surface area contributed by atoms with E-state index >= 15 is 0 Å². The molecule has 88 valence electrons. The van der Waals surface area contributed by atoms with E-state index in [0.29, 0.717) is 0 Å². The van der Waals surface area contributed by atoms with E-state index in [1.807, 2.05) is 0 Å². The predicted molar refractivity (Wildman–Crippen MR) is 56.6 cm³/mol. The lowest BCUT2D eigenvalue weighted by atomic mass is 10.4. The first kappa shape index (κ1) is 14.1. The monoisotopic (exact) mass is 236 g/mol. The maximum absolute atomic E-state index is 11.6. The molecule has 0 aromatic rings. The molecule has 0 rings (SSSR count). The number of nitrogens with zero attached hydrogens (tertiary/aromatic N) is 2. The maximum atomic E-state index is 11.6. The van der Waals surface area contributed by atoms with Crippen LogP contribution >= 0.6 is 0 Å². The Bertz CT molecular complexity index is 326. The van der Waals surface area contributed by atoms with Gasteiger partial charge in [0, 0.05) is 27.2 Å². The van der Waals surface area contributed by atoms with E-state index < -0.39 is 16.2 Å². The summed E-state index contributed by atoms with van der Waals surface area (Å²) in [5.41, 5.74) is 0. The molecule has 0 aliphatic rings. The van der Waals surface area contributed by atoms with Crippen molar-refractivity contribution in [3.63, 3.8) is 0 Å². The van der Waals surface area contributed by atoms with Crippen LogP contribution in [0.2, 0.25) is 0 Å². The van der Waals surface area contributed by atoms with Crippen LogP contribution in [0.25, 0.3) is 0 Å². The number of carboxylic acids is 1. The Hall–Kier alpha value is -0.920. The number of carboxylic acid groups (broad SMARTS) is 1. The Balaban J connectivity index is 4.44. The van der Waals surface area contributed by atoms with Gasteiger partial charge in [-0.2, -0.15) is 17.0 Å². The van der Waals surface area contributed by atoms with Crippen LogP contribution in [0.3, 0.4) is 0 Å². The van der Waals surface area contributed by atoms with E-state index in [1.165, 1.54) is 20.2 Å². The third-order valence-corrected chi connectivity index (χ3v) is 3.72. The number of aliphatic carboxylic acids is 1. The van der Waals surface area contributed by atoms with Crippen LogP contribution in [0.4, 0.5) is 0 Å². The second-order valence-corrected chi connectivity index (χ2v) is 5.18. The number of hydrogen-bond donors (Lipinski definition) is 1. The minimum Gasteiger partial charge on any atom is -0.481 e. The van der Waals surface area contributed by atoms with E-state index in [2.05, 4.69) is 6.58 Å². The van der Waals surface area contributed by atoms with Crippen molar-refractivity contribution in [1.29, 1.82) is 0 Å². The van der Waals surface area contributed by atoms with Gasteiger partial charge in [-0.1, -0.05) is 6.08 Å². The van der Waals surface area contributed by atoms with E-state index in [1.54, 1.807) is 0 Å². The lowest BCUT2D eigenvalue weighted by Crippen LogP contribution is -2.40. The molecule has 0 atom stereocenters. The molecule has 0 radical (unpaired) electrons. The van der Waals surface area contributed by atoms with Crippen LogP contribution in [0, 0.1) is 0 Å². The van der Waals surface area contributed by atoms with Crippen molar-refractivity contribution in [3.05, 3.63) is 12.7 Å². The average Bonchev–Trinajstić information content (AvgIpc) is 2.14. The van der Waals surface area contributed by atoms with E-state index in [4.69, 9.17) is 5.11 Å². The summed E-state index contributed by atoms with van der Waals surface area (Å²) < 4.78 is 25.4. The molecule has 0 saturated carbocycles. The van der Waals surface area contributed by atoms with Crippen LogP contribution in [0.5, 0.6) is 0 Å². The van der Waals surface area contributed by atoms with Crippen LogP contribution < -0.4 is 0 Å². The second kappa shape index (κ2) is 5.84. The minimum absolute atomic E-state index is 0.0425. The van der Waals surface area contributed by atoms with Crippen LogP contribution in [0.1, 0.15) is 6.42 Å². The Morgan fingerprint density at radius 2 is 1.93 bits per heavy atom. The standard InChI is InChI=1S/C8H16N2O4S/c1-4-6-9(2)15(13,14)10(3)7-5-8(11)12/h4H,1,5-7H2,2-3H3,(H,11,12). The molecule has 0 aliphatic carbocycles. The topological polar surface area (TPSA) is 77.9 Å². The third-order valence-electron chi connectivity index (χ3n) is 1.81. The molecule has 0 amide bonds. The Labute approximate surface area is 90.0 Å². The van der Waals surface area contributed by atoms with Crippen LogP contribution in [0.15, 0.2) is 12.7 Å². The van der Waals surface area contributed by atoms with Gasteiger partial charge >= 0.3 is 5.97 Å². The van der Waals surface area contributed by atoms with Gasteiger partial charge in [0.05, 0.1) is 6.42 Å². The fourth-order valence-electron chi connectivity index (χ4n) is 0.882. The van der Waals surface area contributed by atoms with E-state index in [9.17, 15) is 13.2 Å². The van der Waals surface area contributed by atoms with Gasteiger partial charge in [0.15, 0.2) is 0 Å². The molecule has 0 unspecified atom stereocenters. The molecular weight excluding hydrogens is 220 g/mol. The molecule has 0 bridgehead atoms. The SMILES string of the molecule is C=CCN(C)S(=O)(=O)N(C)CCC(=O)O. The largest absolute Gasteiger partial charge is 0.481 e. The van der Waals surface area contributed by atoms with Gasteiger partial charge in [-0.15, -0.1) is 6.58 Å². The summed E-state index contributed by atoms with van der Waals surface area (Å²) in [4.78, 5) is 10.3. The van der Waals surface area contributed by atoms with Gasteiger partial charge in [0.2, 0.25) is 0 Å². The average molecular weight is 236 g/mol. The lowest BCUT2D eigenvalue weighted by Gasteiger charge is -2.22. The van der Waals surface area contributed by atoms with Crippen LogP contribution in [-0.2, 0) is 15.0 Å². The van der Waals surface area contributed by atoms with Gasteiger partial charge < -0.3 is 5.11 Å². The Kier molecular flexibility index (Phi) is 5.48. The predicted octanol–water partition coefficient (Wildman–Crippen LogP) is -0.244. The number of likely N-dealkylation sites (N-methyl/N-ethyl adjacent to an activating group) is 1. The molecule has 1 N–H and O–H groups in total. The summed E-state index contributed by atoms with van der Waals surface area (Å²) in [6.07, 6.45) is 1.25. The number of hydrogen-bond acceptors (Lipinski definition) is 3. The van der Waals surface area contributed by atoms with Crippen molar-refractivity contribution < 1.29 is 18.3 Å². The van der Waals surface area contributed by atoms with Gasteiger partial charge in [-0.05, 0) is 0 Å². The molecule has 0 fully saturated rings. The zero-order valence-corrected chi connectivity index (χ0v) is 9.70. The van der Waals surface area contributed by atoms with E-state index in [-0.39, 0.29) is 19.5 Å². The number of carbonyl (C=O) groups is 1. The molecule has 7 heteroatoms. The molecular formula is C8H16N2O4S. The van der Waals surface area contributed by atoms with E-state index in [0.717, 1.165) is 8.61 Å². The second-order valence-electron chi connectivity index (χ2n) is 3.04. The van der Waals surface area contributed by atoms with Crippen molar-refractivity contribution >= 4 is 16.2 Å². The van der Waals surface area contributed by atoms with Crippen LogP contribution in [-0.4, -0.2) is 55.3 Å². The highest BCUT2D eigenvalue weighted by Crippen LogP contribution is 2.04. The zero-order valence-electron chi connectivity index (χ0n) is 8.88. The first-order valence-corrected chi connectivity index (χ1v) is 5.72. The molecule has 0 aromatic heterocycles. The summed E-state index contributed by atoms with van der Waals surface area (Å²) in [6.45, 7) is 3.58. The zero-order chi connectivity index (χ0) is 12.1. The van der Waals surface area contributed by atoms with Gasteiger partial charge in [0.1, 0.15) is 0 Å². The summed E-state index contributed by atoms with van der Waals surface area (Å²) in [6, 6.07) is 0. The number of rotatable bonds is 7. The summed E-state index contributed by atoms with van der Waals surface area (Å²) >= 11 is 0. The fraction of sp³-hybridized carbons (Fsp3) is 0.625. The smallest absolute Gasteiger partial charge is 0.304 e. The highest BCUT2D eigenvalue weighted by molar-refractivity contribution is 7.86. The molecule has 0 aliphatic heterocycles. The lowest BCUT2D eigenvalue weighted by molar-refractivity contribution is -0.137. The first-order valence-electron chi connectivity index (χ1n) is 4.32. The maximum Gasteiger partial charge on any atom is 0.304 e. The molecule has 0 saturated heterocycles. The quantitative estimate of drug-likeness (QED) is 0.619.